The number of hydrogen-bond acceptors (Lipinski definition) is 4. The smallest absolute Gasteiger partial charge is 0.336 e. The van der Waals surface area contributed by atoms with E-state index in [1.54, 1.807) is 30.3 Å². The van der Waals surface area contributed by atoms with Gasteiger partial charge >= 0.3 is 5.63 Å². The first kappa shape index (κ1) is 17.4. The second-order valence-corrected chi connectivity index (χ2v) is 6.27. The van der Waals surface area contributed by atoms with Crippen LogP contribution < -0.4 is 16.3 Å². The quantitative estimate of drug-likeness (QED) is 0.504. The Kier molecular flexibility index (Phi) is 5.03. The van der Waals surface area contributed by atoms with E-state index >= 15 is 0 Å². The topological polar surface area (TPSA) is 71.3 Å². The number of fused-ring (bicyclic) bond motifs is 1. The SMILES string of the molecule is O=C(NC(=S)Nc1ccc2oc(=O)ccc2c1)c1ccc(Cl)c(Cl)c1. The fourth-order valence-corrected chi connectivity index (χ4v) is 2.63. The summed E-state index contributed by atoms with van der Waals surface area (Å²) < 4.78 is 5.06. The van der Waals surface area contributed by atoms with E-state index in [0.717, 1.165) is 5.39 Å². The van der Waals surface area contributed by atoms with Gasteiger partial charge in [-0.1, -0.05) is 23.2 Å². The lowest BCUT2D eigenvalue weighted by molar-refractivity contribution is 0.0977. The van der Waals surface area contributed by atoms with Crippen molar-refractivity contribution >= 4 is 63.1 Å². The first-order valence-corrected chi connectivity index (χ1v) is 8.20. The van der Waals surface area contributed by atoms with Gasteiger partial charge in [-0.05, 0) is 54.7 Å². The minimum absolute atomic E-state index is 0.118. The number of carbonyl (C=O) groups is 1. The first-order valence-electron chi connectivity index (χ1n) is 7.04. The van der Waals surface area contributed by atoms with Gasteiger partial charge in [-0.25, -0.2) is 4.79 Å². The molecule has 0 fully saturated rings. The zero-order chi connectivity index (χ0) is 18.0. The number of halogens is 2. The molecule has 25 heavy (non-hydrogen) atoms. The molecule has 1 amide bonds. The van der Waals surface area contributed by atoms with E-state index in [2.05, 4.69) is 10.6 Å². The fraction of sp³-hybridized carbons (Fsp3) is 0. The van der Waals surface area contributed by atoms with Crippen LogP contribution in [0.1, 0.15) is 10.4 Å². The van der Waals surface area contributed by atoms with Crippen molar-refractivity contribution in [3.63, 3.8) is 0 Å². The predicted molar refractivity (Wildman–Crippen MR) is 103 cm³/mol. The maximum absolute atomic E-state index is 12.2. The van der Waals surface area contributed by atoms with Gasteiger partial charge in [-0.3, -0.25) is 10.1 Å². The highest BCUT2D eigenvalue weighted by Gasteiger charge is 2.10. The van der Waals surface area contributed by atoms with Crippen molar-refractivity contribution in [1.29, 1.82) is 0 Å². The average Bonchev–Trinajstić information content (AvgIpc) is 2.57. The highest BCUT2D eigenvalue weighted by Crippen LogP contribution is 2.22. The second-order valence-electron chi connectivity index (χ2n) is 5.04. The lowest BCUT2D eigenvalue weighted by atomic mass is 10.2. The molecular formula is C17H10Cl2N2O3S. The first-order chi connectivity index (χ1) is 11.9. The zero-order valence-electron chi connectivity index (χ0n) is 12.5. The molecule has 0 spiro atoms. The Labute approximate surface area is 157 Å². The fourth-order valence-electron chi connectivity index (χ4n) is 2.12. The van der Waals surface area contributed by atoms with Crippen molar-refractivity contribution < 1.29 is 9.21 Å². The molecule has 0 bridgehead atoms. The molecule has 1 heterocycles. The molecule has 0 unspecified atom stereocenters. The Morgan fingerprint density at radius 3 is 2.56 bits per heavy atom. The summed E-state index contributed by atoms with van der Waals surface area (Å²) in [5.41, 5.74) is 1.01. The summed E-state index contributed by atoms with van der Waals surface area (Å²) in [4.78, 5) is 23.3. The molecule has 5 nitrogen and oxygen atoms in total. The van der Waals surface area contributed by atoms with Crippen LogP contribution in [-0.2, 0) is 0 Å². The van der Waals surface area contributed by atoms with Crippen molar-refractivity contribution in [3.05, 3.63) is 74.6 Å². The molecular weight excluding hydrogens is 383 g/mol. The van der Waals surface area contributed by atoms with Crippen LogP contribution in [0, 0.1) is 0 Å². The summed E-state index contributed by atoms with van der Waals surface area (Å²) in [6.45, 7) is 0. The molecule has 0 radical (unpaired) electrons. The van der Waals surface area contributed by atoms with Crippen molar-refractivity contribution in [2.24, 2.45) is 0 Å². The molecule has 2 aromatic carbocycles. The summed E-state index contributed by atoms with van der Waals surface area (Å²) in [5.74, 6) is -0.414. The van der Waals surface area contributed by atoms with Crippen LogP contribution >= 0.6 is 35.4 Å². The van der Waals surface area contributed by atoms with Gasteiger partial charge in [0.2, 0.25) is 0 Å². The number of hydrogen-bond donors (Lipinski definition) is 2. The van der Waals surface area contributed by atoms with Crippen molar-refractivity contribution in [2.75, 3.05) is 5.32 Å². The van der Waals surface area contributed by atoms with E-state index in [4.69, 9.17) is 39.8 Å². The van der Waals surface area contributed by atoms with Gasteiger partial charge in [-0.15, -0.1) is 0 Å². The lowest BCUT2D eigenvalue weighted by Gasteiger charge is -2.10. The molecule has 0 atom stereocenters. The van der Waals surface area contributed by atoms with Crippen molar-refractivity contribution in [3.8, 4) is 0 Å². The van der Waals surface area contributed by atoms with Crippen LogP contribution in [-0.4, -0.2) is 11.0 Å². The van der Waals surface area contributed by atoms with Crippen LogP contribution in [0.3, 0.4) is 0 Å². The highest BCUT2D eigenvalue weighted by molar-refractivity contribution is 7.80. The van der Waals surface area contributed by atoms with Crippen molar-refractivity contribution in [2.45, 2.75) is 0 Å². The molecule has 1 aromatic heterocycles. The Morgan fingerprint density at radius 1 is 1.00 bits per heavy atom. The zero-order valence-corrected chi connectivity index (χ0v) is 14.8. The van der Waals surface area contributed by atoms with Gasteiger partial charge in [0.15, 0.2) is 5.11 Å². The van der Waals surface area contributed by atoms with E-state index in [1.165, 1.54) is 18.2 Å². The van der Waals surface area contributed by atoms with Crippen LogP contribution in [0.2, 0.25) is 10.0 Å². The van der Waals surface area contributed by atoms with Gasteiger partial charge in [0.05, 0.1) is 10.0 Å². The van der Waals surface area contributed by atoms with Gasteiger partial charge in [0.1, 0.15) is 5.58 Å². The molecule has 0 aliphatic rings. The van der Waals surface area contributed by atoms with Crippen LogP contribution in [0.4, 0.5) is 5.69 Å². The number of benzene rings is 2. The van der Waals surface area contributed by atoms with Crippen LogP contribution in [0.25, 0.3) is 11.0 Å². The maximum Gasteiger partial charge on any atom is 0.336 e. The lowest BCUT2D eigenvalue weighted by Crippen LogP contribution is -2.34. The summed E-state index contributed by atoms with van der Waals surface area (Å²) in [5, 5.41) is 6.94. The summed E-state index contributed by atoms with van der Waals surface area (Å²) in [6.07, 6.45) is 0. The van der Waals surface area contributed by atoms with E-state index in [-0.39, 0.29) is 10.1 Å². The average molecular weight is 393 g/mol. The predicted octanol–water partition coefficient (Wildman–Crippen LogP) is 4.23. The molecule has 0 aliphatic heterocycles. The summed E-state index contributed by atoms with van der Waals surface area (Å²) in [6, 6.07) is 12.6. The molecule has 8 heteroatoms. The largest absolute Gasteiger partial charge is 0.423 e. The van der Waals surface area contributed by atoms with Crippen molar-refractivity contribution in [1.82, 2.24) is 5.32 Å². The van der Waals surface area contributed by atoms with Gasteiger partial charge < -0.3 is 9.73 Å². The molecule has 2 N–H and O–H groups in total. The van der Waals surface area contributed by atoms with E-state index in [9.17, 15) is 9.59 Å². The number of rotatable bonds is 2. The standard InChI is InChI=1S/C17H10Cl2N2O3S/c18-12-4-1-10(8-13(12)19)16(23)21-17(25)20-11-3-5-14-9(7-11)2-6-15(22)24-14/h1-8H,(H2,20,21,23,25). The number of amides is 1. The molecule has 3 rings (SSSR count). The van der Waals surface area contributed by atoms with Crippen LogP contribution in [0.15, 0.2) is 57.7 Å². The molecule has 3 aromatic rings. The molecule has 0 saturated heterocycles. The number of nitrogens with one attached hydrogen (secondary N) is 2. The van der Waals surface area contributed by atoms with E-state index in [0.29, 0.717) is 21.9 Å². The Hall–Kier alpha value is -2.41. The minimum Gasteiger partial charge on any atom is -0.423 e. The minimum atomic E-state index is -0.419. The number of anilines is 1. The third-order valence-electron chi connectivity index (χ3n) is 3.29. The number of thiocarbonyl (C=S) groups is 1. The Morgan fingerprint density at radius 2 is 1.80 bits per heavy atom. The Bertz CT molecular complexity index is 1050. The normalized spacial score (nSPS) is 10.5. The van der Waals surface area contributed by atoms with Gasteiger partial charge in [0.25, 0.3) is 5.91 Å². The van der Waals surface area contributed by atoms with E-state index in [1.807, 2.05) is 0 Å². The maximum atomic E-state index is 12.2. The second kappa shape index (κ2) is 7.23. The summed E-state index contributed by atoms with van der Waals surface area (Å²) >= 11 is 16.9. The third-order valence-corrected chi connectivity index (χ3v) is 4.23. The Balaban J connectivity index is 1.71. The monoisotopic (exact) mass is 392 g/mol. The van der Waals surface area contributed by atoms with Gasteiger partial charge in [0, 0.05) is 22.7 Å². The van der Waals surface area contributed by atoms with Gasteiger partial charge in [-0.2, -0.15) is 0 Å². The molecule has 0 aliphatic carbocycles. The van der Waals surface area contributed by atoms with E-state index < -0.39 is 11.5 Å². The van der Waals surface area contributed by atoms with Crippen LogP contribution in [0.5, 0.6) is 0 Å². The number of carbonyl (C=O) groups excluding carboxylic acids is 1. The third kappa shape index (κ3) is 4.17. The summed E-state index contributed by atoms with van der Waals surface area (Å²) in [7, 11) is 0. The molecule has 0 saturated carbocycles. The highest BCUT2D eigenvalue weighted by atomic mass is 35.5. The molecule has 126 valence electrons.